The third kappa shape index (κ3) is 3.07. The Labute approximate surface area is 113 Å². The lowest BCUT2D eigenvalue weighted by molar-refractivity contribution is -0.384. The Balaban J connectivity index is 2.13. The van der Waals surface area contributed by atoms with Crippen molar-refractivity contribution in [2.24, 2.45) is 0 Å². The summed E-state index contributed by atoms with van der Waals surface area (Å²) < 4.78 is 0.990. The Morgan fingerprint density at radius 3 is 2.67 bits per heavy atom. The van der Waals surface area contributed by atoms with Crippen LogP contribution in [0.2, 0.25) is 0 Å². The van der Waals surface area contributed by atoms with Gasteiger partial charge in [-0.15, -0.1) is 0 Å². The van der Waals surface area contributed by atoms with Crippen LogP contribution in [0.1, 0.15) is 5.56 Å². The fourth-order valence-corrected chi connectivity index (χ4v) is 2.07. The molecule has 0 spiro atoms. The first-order valence-electron chi connectivity index (χ1n) is 5.38. The second kappa shape index (κ2) is 5.64. The van der Waals surface area contributed by atoms with Crippen molar-refractivity contribution in [3.8, 4) is 0 Å². The molecule has 4 nitrogen and oxygen atoms in total. The number of hydrogen-bond donors (Lipinski definition) is 1. The minimum atomic E-state index is -0.386. The van der Waals surface area contributed by atoms with E-state index < -0.39 is 0 Å². The molecular formula is C13H11BrN2O2. The van der Waals surface area contributed by atoms with Gasteiger partial charge in [-0.1, -0.05) is 40.2 Å². The number of rotatable bonds is 4. The number of nitro groups is 1. The molecule has 2 rings (SSSR count). The standard InChI is InChI=1S/C13H11BrN2O2/c14-11-5-3-4-10(8-11)9-15-12-6-1-2-7-13(12)16(17)18/h1-8,15H,9H2. The third-order valence-corrected chi connectivity index (χ3v) is 2.97. The number of nitrogens with zero attached hydrogens (tertiary/aromatic N) is 1. The summed E-state index contributed by atoms with van der Waals surface area (Å²) in [4.78, 5) is 10.5. The van der Waals surface area contributed by atoms with Crippen LogP contribution in [0.5, 0.6) is 0 Å². The monoisotopic (exact) mass is 306 g/mol. The van der Waals surface area contributed by atoms with Crippen LogP contribution in [0.15, 0.2) is 53.0 Å². The number of nitrogens with one attached hydrogen (secondary N) is 1. The van der Waals surface area contributed by atoms with Crippen LogP contribution in [0.3, 0.4) is 0 Å². The zero-order valence-electron chi connectivity index (χ0n) is 9.47. The molecule has 0 heterocycles. The minimum absolute atomic E-state index is 0.0903. The van der Waals surface area contributed by atoms with Gasteiger partial charge in [0.05, 0.1) is 4.92 Å². The zero-order valence-corrected chi connectivity index (χ0v) is 11.1. The average Bonchev–Trinajstić information content (AvgIpc) is 2.37. The summed E-state index contributed by atoms with van der Waals surface area (Å²) in [6.45, 7) is 0.546. The van der Waals surface area contributed by atoms with Gasteiger partial charge in [0.1, 0.15) is 5.69 Å². The van der Waals surface area contributed by atoms with Gasteiger partial charge in [0.15, 0.2) is 0 Å². The molecule has 0 unspecified atom stereocenters. The maximum Gasteiger partial charge on any atom is 0.292 e. The molecule has 0 aliphatic rings. The third-order valence-electron chi connectivity index (χ3n) is 2.47. The van der Waals surface area contributed by atoms with E-state index in [1.54, 1.807) is 18.2 Å². The fraction of sp³-hybridized carbons (Fsp3) is 0.0769. The lowest BCUT2D eigenvalue weighted by Crippen LogP contribution is -2.02. The first kappa shape index (κ1) is 12.6. The van der Waals surface area contributed by atoms with E-state index in [0.717, 1.165) is 10.0 Å². The van der Waals surface area contributed by atoms with Crippen LogP contribution in [0.25, 0.3) is 0 Å². The lowest BCUT2D eigenvalue weighted by Gasteiger charge is -2.07. The molecule has 2 aromatic carbocycles. The summed E-state index contributed by atoms with van der Waals surface area (Å²) >= 11 is 3.39. The van der Waals surface area contributed by atoms with Gasteiger partial charge in [-0.3, -0.25) is 10.1 Å². The number of nitro benzene ring substituents is 1. The molecule has 1 N–H and O–H groups in total. The van der Waals surface area contributed by atoms with E-state index in [1.165, 1.54) is 6.07 Å². The van der Waals surface area contributed by atoms with Gasteiger partial charge in [0.25, 0.3) is 5.69 Å². The largest absolute Gasteiger partial charge is 0.375 e. The summed E-state index contributed by atoms with van der Waals surface area (Å²) in [5.41, 5.74) is 1.68. The maximum absolute atomic E-state index is 10.8. The average molecular weight is 307 g/mol. The summed E-state index contributed by atoms with van der Waals surface area (Å²) in [7, 11) is 0. The van der Waals surface area contributed by atoms with E-state index in [-0.39, 0.29) is 10.6 Å². The van der Waals surface area contributed by atoms with Crippen molar-refractivity contribution in [1.82, 2.24) is 0 Å². The minimum Gasteiger partial charge on any atom is -0.375 e. The van der Waals surface area contributed by atoms with E-state index in [0.29, 0.717) is 12.2 Å². The van der Waals surface area contributed by atoms with Crippen molar-refractivity contribution in [3.63, 3.8) is 0 Å². The molecule has 92 valence electrons. The van der Waals surface area contributed by atoms with Crippen LogP contribution < -0.4 is 5.32 Å². The van der Waals surface area contributed by atoms with Gasteiger partial charge in [0.2, 0.25) is 0 Å². The Morgan fingerprint density at radius 2 is 1.94 bits per heavy atom. The van der Waals surface area contributed by atoms with Crippen LogP contribution >= 0.6 is 15.9 Å². The topological polar surface area (TPSA) is 55.2 Å². The van der Waals surface area contributed by atoms with Gasteiger partial charge in [-0.2, -0.15) is 0 Å². The summed E-state index contributed by atoms with van der Waals surface area (Å²) in [6.07, 6.45) is 0. The van der Waals surface area contributed by atoms with Crippen molar-refractivity contribution in [1.29, 1.82) is 0 Å². The molecule has 0 saturated carbocycles. The van der Waals surface area contributed by atoms with Gasteiger partial charge in [-0.05, 0) is 23.8 Å². The van der Waals surface area contributed by atoms with Crippen molar-refractivity contribution < 1.29 is 4.92 Å². The predicted molar refractivity (Wildman–Crippen MR) is 74.6 cm³/mol. The molecule has 0 saturated heterocycles. The number of benzene rings is 2. The van der Waals surface area contributed by atoms with Crippen LogP contribution in [-0.4, -0.2) is 4.92 Å². The van der Waals surface area contributed by atoms with E-state index in [2.05, 4.69) is 21.2 Å². The Kier molecular flexibility index (Phi) is 3.94. The summed E-state index contributed by atoms with van der Waals surface area (Å²) in [5, 5.41) is 13.9. The van der Waals surface area contributed by atoms with Crippen molar-refractivity contribution in [3.05, 3.63) is 68.7 Å². The second-order valence-electron chi connectivity index (χ2n) is 3.76. The molecule has 18 heavy (non-hydrogen) atoms. The number of halogens is 1. The fourth-order valence-electron chi connectivity index (χ4n) is 1.63. The van der Waals surface area contributed by atoms with Gasteiger partial charge in [0, 0.05) is 17.1 Å². The van der Waals surface area contributed by atoms with Gasteiger partial charge >= 0.3 is 0 Å². The molecule has 0 atom stereocenters. The first-order chi connectivity index (χ1) is 8.66. The van der Waals surface area contributed by atoms with Crippen LogP contribution in [0.4, 0.5) is 11.4 Å². The smallest absolute Gasteiger partial charge is 0.292 e. The quantitative estimate of drug-likeness (QED) is 0.687. The Hall–Kier alpha value is -1.88. The number of para-hydroxylation sites is 2. The van der Waals surface area contributed by atoms with E-state index in [9.17, 15) is 10.1 Å². The van der Waals surface area contributed by atoms with Crippen molar-refractivity contribution in [2.45, 2.75) is 6.54 Å². The molecule has 2 aromatic rings. The van der Waals surface area contributed by atoms with Gasteiger partial charge in [-0.25, -0.2) is 0 Å². The molecule has 0 aliphatic heterocycles. The molecule has 0 aromatic heterocycles. The number of anilines is 1. The molecule has 0 amide bonds. The highest BCUT2D eigenvalue weighted by atomic mass is 79.9. The van der Waals surface area contributed by atoms with E-state index in [4.69, 9.17) is 0 Å². The molecule has 0 aliphatic carbocycles. The Morgan fingerprint density at radius 1 is 1.17 bits per heavy atom. The summed E-state index contributed by atoms with van der Waals surface area (Å²) in [6, 6.07) is 14.4. The first-order valence-corrected chi connectivity index (χ1v) is 6.18. The highest BCUT2D eigenvalue weighted by Gasteiger charge is 2.11. The van der Waals surface area contributed by atoms with E-state index in [1.807, 2.05) is 24.3 Å². The molecule has 0 bridgehead atoms. The normalized spacial score (nSPS) is 10.1. The van der Waals surface area contributed by atoms with Crippen LogP contribution in [-0.2, 0) is 6.54 Å². The lowest BCUT2D eigenvalue weighted by atomic mass is 10.2. The molecular weight excluding hydrogens is 296 g/mol. The second-order valence-corrected chi connectivity index (χ2v) is 4.67. The van der Waals surface area contributed by atoms with Crippen molar-refractivity contribution in [2.75, 3.05) is 5.32 Å². The molecule has 0 radical (unpaired) electrons. The van der Waals surface area contributed by atoms with Crippen LogP contribution in [0, 0.1) is 10.1 Å². The van der Waals surface area contributed by atoms with Gasteiger partial charge < -0.3 is 5.32 Å². The highest BCUT2D eigenvalue weighted by Crippen LogP contribution is 2.24. The highest BCUT2D eigenvalue weighted by molar-refractivity contribution is 9.10. The maximum atomic E-state index is 10.8. The molecule has 5 heteroatoms. The predicted octanol–water partition coefficient (Wildman–Crippen LogP) is 3.97. The van der Waals surface area contributed by atoms with Crippen molar-refractivity contribution >= 4 is 27.3 Å². The SMILES string of the molecule is O=[N+]([O-])c1ccccc1NCc1cccc(Br)c1. The zero-order chi connectivity index (χ0) is 13.0. The van der Waals surface area contributed by atoms with E-state index >= 15 is 0 Å². The number of hydrogen-bond acceptors (Lipinski definition) is 3. The Bertz CT molecular complexity index is 572. The summed E-state index contributed by atoms with van der Waals surface area (Å²) in [5.74, 6) is 0. The molecule has 0 fully saturated rings.